The lowest BCUT2D eigenvalue weighted by Gasteiger charge is -2.25. The van der Waals surface area contributed by atoms with Crippen molar-refractivity contribution < 1.29 is 17.6 Å². The highest BCUT2D eigenvalue weighted by atomic mass is 32.2. The van der Waals surface area contributed by atoms with Crippen LogP contribution in [0.2, 0.25) is 0 Å². The van der Waals surface area contributed by atoms with Crippen molar-refractivity contribution in [2.24, 2.45) is 0 Å². The second-order valence-corrected chi connectivity index (χ2v) is 7.35. The minimum Gasteiger partial charge on any atom is -0.335 e. The molecule has 0 heterocycles. The Labute approximate surface area is 141 Å². The quantitative estimate of drug-likeness (QED) is 0.901. The lowest BCUT2D eigenvalue weighted by molar-refractivity contribution is 0.0742. The molecule has 0 bridgehead atoms. The topological polar surface area (TPSA) is 66.5 Å². The Morgan fingerprint density at radius 1 is 1.17 bits per heavy atom. The number of hydrogen-bond donors (Lipinski definition) is 1. The van der Waals surface area contributed by atoms with Crippen molar-refractivity contribution in [2.75, 3.05) is 18.0 Å². The van der Waals surface area contributed by atoms with Gasteiger partial charge in [-0.05, 0) is 42.8 Å². The molecule has 1 N–H and O–H groups in total. The van der Waals surface area contributed by atoms with Crippen LogP contribution in [0.3, 0.4) is 0 Å². The van der Waals surface area contributed by atoms with E-state index in [1.165, 1.54) is 23.1 Å². The Morgan fingerprint density at radius 2 is 1.79 bits per heavy atom. The van der Waals surface area contributed by atoms with Crippen molar-refractivity contribution in [3.63, 3.8) is 0 Å². The van der Waals surface area contributed by atoms with Crippen LogP contribution in [0.1, 0.15) is 28.9 Å². The van der Waals surface area contributed by atoms with E-state index in [4.69, 9.17) is 0 Å². The number of anilines is 1. The molecule has 0 fully saturated rings. The SMILES string of the molecule is CC(c1ccc(F)cc1)N(C)C(=O)c1cccc(NS(C)(=O)=O)c1. The van der Waals surface area contributed by atoms with Gasteiger partial charge in [0.2, 0.25) is 10.0 Å². The first-order chi connectivity index (χ1) is 11.2. The zero-order valence-electron chi connectivity index (χ0n) is 13.7. The third kappa shape index (κ3) is 4.55. The number of halogens is 1. The van der Waals surface area contributed by atoms with Gasteiger partial charge in [-0.25, -0.2) is 12.8 Å². The molecule has 0 saturated carbocycles. The molecule has 1 atom stereocenters. The second-order valence-electron chi connectivity index (χ2n) is 5.60. The van der Waals surface area contributed by atoms with Gasteiger partial charge in [0.15, 0.2) is 0 Å². The minimum absolute atomic E-state index is 0.260. The Bertz CT molecular complexity index is 835. The van der Waals surface area contributed by atoms with Crippen LogP contribution in [-0.4, -0.2) is 32.5 Å². The molecule has 1 amide bonds. The zero-order valence-corrected chi connectivity index (χ0v) is 14.5. The van der Waals surface area contributed by atoms with Gasteiger partial charge in [0.1, 0.15) is 5.82 Å². The number of carbonyl (C=O) groups excluding carboxylic acids is 1. The van der Waals surface area contributed by atoms with Gasteiger partial charge < -0.3 is 4.90 Å². The summed E-state index contributed by atoms with van der Waals surface area (Å²) in [6.45, 7) is 1.84. The highest BCUT2D eigenvalue weighted by molar-refractivity contribution is 7.92. The Morgan fingerprint density at radius 3 is 2.38 bits per heavy atom. The summed E-state index contributed by atoms with van der Waals surface area (Å²) >= 11 is 0. The van der Waals surface area contributed by atoms with E-state index in [1.807, 2.05) is 6.92 Å². The highest BCUT2D eigenvalue weighted by Gasteiger charge is 2.19. The fourth-order valence-electron chi connectivity index (χ4n) is 2.27. The summed E-state index contributed by atoms with van der Waals surface area (Å²) in [7, 11) is -1.77. The summed E-state index contributed by atoms with van der Waals surface area (Å²) in [6, 6.07) is 12.0. The number of benzene rings is 2. The van der Waals surface area contributed by atoms with Crippen LogP contribution >= 0.6 is 0 Å². The van der Waals surface area contributed by atoms with Gasteiger partial charge in [-0.15, -0.1) is 0 Å². The van der Waals surface area contributed by atoms with Gasteiger partial charge in [0.25, 0.3) is 5.91 Å². The first-order valence-corrected chi connectivity index (χ1v) is 9.17. The fraction of sp³-hybridized carbons (Fsp3) is 0.235. The van der Waals surface area contributed by atoms with E-state index in [1.54, 1.807) is 37.4 Å². The van der Waals surface area contributed by atoms with Gasteiger partial charge in [-0.3, -0.25) is 9.52 Å². The van der Waals surface area contributed by atoms with Crippen LogP contribution in [0.15, 0.2) is 48.5 Å². The number of rotatable bonds is 5. The molecule has 0 saturated heterocycles. The van der Waals surface area contributed by atoms with E-state index < -0.39 is 10.0 Å². The average molecular weight is 350 g/mol. The summed E-state index contributed by atoms with van der Waals surface area (Å²) in [5, 5.41) is 0. The van der Waals surface area contributed by atoms with Gasteiger partial charge in [0.05, 0.1) is 12.3 Å². The van der Waals surface area contributed by atoms with Crippen LogP contribution in [-0.2, 0) is 10.0 Å². The van der Waals surface area contributed by atoms with Crippen molar-refractivity contribution in [1.29, 1.82) is 0 Å². The minimum atomic E-state index is -3.41. The van der Waals surface area contributed by atoms with Crippen molar-refractivity contribution >= 4 is 21.6 Å². The number of sulfonamides is 1. The van der Waals surface area contributed by atoms with Crippen molar-refractivity contribution in [3.05, 3.63) is 65.5 Å². The molecular weight excluding hydrogens is 331 g/mol. The molecule has 0 aliphatic heterocycles. The van der Waals surface area contributed by atoms with Gasteiger partial charge in [0, 0.05) is 18.3 Å². The molecule has 128 valence electrons. The van der Waals surface area contributed by atoms with Gasteiger partial charge in [-0.2, -0.15) is 0 Å². The maximum Gasteiger partial charge on any atom is 0.254 e. The van der Waals surface area contributed by atoms with E-state index in [9.17, 15) is 17.6 Å². The lowest BCUT2D eigenvalue weighted by atomic mass is 10.1. The molecular formula is C17H19FN2O3S. The van der Waals surface area contributed by atoms with Crippen LogP contribution in [0.5, 0.6) is 0 Å². The maximum absolute atomic E-state index is 13.0. The molecule has 0 radical (unpaired) electrons. The summed E-state index contributed by atoms with van der Waals surface area (Å²) in [5.74, 6) is -0.594. The third-order valence-corrected chi connectivity index (χ3v) is 4.27. The molecule has 2 rings (SSSR count). The summed E-state index contributed by atoms with van der Waals surface area (Å²) < 4.78 is 38.0. The number of hydrogen-bond acceptors (Lipinski definition) is 3. The van der Waals surface area contributed by atoms with E-state index in [2.05, 4.69) is 4.72 Å². The smallest absolute Gasteiger partial charge is 0.254 e. The largest absolute Gasteiger partial charge is 0.335 e. The molecule has 0 spiro atoms. The number of nitrogens with zero attached hydrogens (tertiary/aromatic N) is 1. The van der Waals surface area contributed by atoms with Crippen LogP contribution in [0.25, 0.3) is 0 Å². The average Bonchev–Trinajstić information content (AvgIpc) is 2.52. The third-order valence-electron chi connectivity index (χ3n) is 3.67. The van der Waals surface area contributed by atoms with Gasteiger partial charge >= 0.3 is 0 Å². The lowest BCUT2D eigenvalue weighted by Crippen LogP contribution is -2.29. The zero-order chi connectivity index (χ0) is 17.9. The van der Waals surface area contributed by atoms with Crippen molar-refractivity contribution in [1.82, 2.24) is 4.90 Å². The Balaban J connectivity index is 2.21. The van der Waals surface area contributed by atoms with E-state index in [0.717, 1.165) is 11.8 Å². The normalized spacial score (nSPS) is 12.5. The molecule has 0 aliphatic carbocycles. The molecule has 1 unspecified atom stereocenters. The van der Waals surface area contributed by atoms with Gasteiger partial charge in [-0.1, -0.05) is 18.2 Å². The summed E-state index contributed by atoms with van der Waals surface area (Å²) in [6.07, 6.45) is 1.05. The van der Waals surface area contributed by atoms with Crippen LogP contribution < -0.4 is 4.72 Å². The monoisotopic (exact) mass is 350 g/mol. The first kappa shape index (κ1) is 17.9. The molecule has 0 aliphatic rings. The molecule has 24 heavy (non-hydrogen) atoms. The fourth-order valence-corrected chi connectivity index (χ4v) is 2.83. The maximum atomic E-state index is 13.0. The Kier molecular flexibility index (Phi) is 5.23. The summed E-state index contributed by atoms with van der Waals surface area (Å²) in [4.78, 5) is 14.1. The van der Waals surface area contributed by atoms with E-state index in [-0.39, 0.29) is 17.8 Å². The predicted octanol–water partition coefficient (Wildman–Crippen LogP) is 3.03. The van der Waals surface area contributed by atoms with Crippen molar-refractivity contribution in [2.45, 2.75) is 13.0 Å². The molecule has 5 nitrogen and oxygen atoms in total. The number of nitrogens with one attached hydrogen (secondary N) is 1. The first-order valence-electron chi connectivity index (χ1n) is 7.28. The van der Waals surface area contributed by atoms with Crippen molar-refractivity contribution in [3.8, 4) is 0 Å². The molecule has 7 heteroatoms. The highest BCUT2D eigenvalue weighted by Crippen LogP contribution is 2.22. The molecule has 2 aromatic rings. The van der Waals surface area contributed by atoms with E-state index >= 15 is 0 Å². The molecule has 2 aromatic carbocycles. The van der Waals surface area contributed by atoms with Crippen LogP contribution in [0.4, 0.5) is 10.1 Å². The number of carbonyl (C=O) groups is 1. The standard InChI is InChI=1S/C17H19FN2O3S/c1-12(13-7-9-15(18)10-8-13)20(2)17(21)14-5-4-6-16(11-14)19-24(3,22)23/h4-12,19H,1-3H3. The second kappa shape index (κ2) is 7.00. The number of amides is 1. The predicted molar refractivity (Wildman–Crippen MR) is 91.8 cm³/mol. The molecule has 0 aromatic heterocycles. The Hall–Kier alpha value is -2.41. The summed E-state index contributed by atoms with van der Waals surface area (Å²) in [5.41, 5.74) is 1.49. The van der Waals surface area contributed by atoms with E-state index in [0.29, 0.717) is 11.3 Å². The van der Waals surface area contributed by atoms with Crippen LogP contribution in [0, 0.1) is 5.82 Å².